The summed E-state index contributed by atoms with van der Waals surface area (Å²) in [5, 5.41) is 9.94. The Morgan fingerprint density at radius 2 is 2.25 bits per heavy atom. The topological polar surface area (TPSA) is 75.3 Å². The second-order valence-electron chi connectivity index (χ2n) is 3.70. The van der Waals surface area contributed by atoms with Crippen LogP contribution < -0.4 is 10.6 Å². The van der Waals surface area contributed by atoms with Crippen molar-refractivity contribution in [2.45, 2.75) is 26.2 Å². The second-order valence-corrected chi connectivity index (χ2v) is 3.70. The molecule has 0 saturated heterocycles. The molecule has 2 N–H and O–H groups in total. The summed E-state index contributed by atoms with van der Waals surface area (Å²) in [6.07, 6.45) is 0.695. The first-order chi connectivity index (χ1) is 7.67. The summed E-state index contributed by atoms with van der Waals surface area (Å²) < 4.78 is 5.11. The molecular formula is C10H19N5O. The monoisotopic (exact) mass is 225 g/mol. The fourth-order valence-corrected chi connectivity index (χ4v) is 1.17. The van der Waals surface area contributed by atoms with Crippen molar-refractivity contribution >= 4 is 5.96 Å². The van der Waals surface area contributed by atoms with Crippen molar-refractivity contribution in [2.24, 2.45) is 4.99 Å². The molecule has 0 aliphatic rings. The molecule has 0 unspecified atom stereocenters. The van der Waals surface area contributed by atoms with Gasteiger partial charge in [-0.2, -0.15) is 4.98 Å². The second kappa shape index (κ2) is 6.09. The van der Waals surface area contributed by atoms with E-state index in [2.05, 4.69) is 25.8 Å². The Hall–Kier alpha value is -1.59. The molecule has 0 fully saturated rings. The lowest BCUT2D eigenvalue weighted by molar-refractivity contribution is 0.371. The minimum atomic E-state index is 0.301. The van der Waals surface area contributed by atoms with Crippen LogP contribution in [0.4, 0.5) is 0 Å². The average Bonchev–Trinajstić information content (AvgIpc) is 2.73. The maximum absolute atomic E-state index is 5.11. The quantitative estimate of drug-likeness (QED) is 0.577. The van der Waals surface area contributed by atoms with E-state index in [1.165, 1.54) is 0 Å². The molecule has 6 nitrogen and oxygen atoms in total. The number of hydrogen-bond acceptors (Lipinski definition) is 4. The zero-order valence-electron chi connectivity index (χ0n) is 10.2. The molecular weight excluding hydrogens is 206 g/mol. The number of rotatable bonds is 4. The van der Waals surface area contributed by atoms with Crippen LogP contribution in [0.15, 0.2) is 9.52 Å². The molecule has 0 aromatic carbocycles. The van der Waals surface area contributed by atoms with Crippen LogP contribution in [0.3, 0.4) is 0 Å². The average molecular weight is 225 g/mol. The van der Waals surface area contributed by atoms with E-state index in [1.54, 1.807) is 7.05 Å². The normalized spacial score (nSPS) is 11.9. The Morgan fingerprint density at radius 1 is 1.50 bits per heavy atom. The third kappa shape index (κ3) is 3.52. The molecule has 0 bridgehead atoms. The third-order valence-corrected chi connectivity index (χ3v) is 2.09. The summed E-state index contributed by atoms with van der Waals surface area (Å²) in [6.45, 7) is 4.79. The number of aromatic nitrogens is 2. The molecule has 16 heavy (non-hydrogen) atoms. The predicted molar refractivity (Wildman–Crippen MR) is 62.5 cm³/mol. The van der Waals surface area contributed by atoms with Gasteiger partial charge in [0.15, 0.2) is 11.8 Å². The van der Waals surface area contributed by atoms with Crippen molar-refractivity contribution < 1.29 is 4.52 Å². The summed E-state index contributed by atoms with van der Waals surface area (Å²) in [4.78, 5) is 8.28. The van der Waals surface area contributed by atoms with Crippen LogP contribution in [0.1, 0.15) is 31.5 Å². The minimum Gasteiger partial charge on any atom is -0.359 e. The zero-order valence-corrected chi connectivity index (χ0v) is 10.2. The number of aliphatic imine (C=N–C) groups is 1. The molecule has 1 aromatic rings. The van der Waals surface area contributed by atoms with Gasteiger partial charge in [-0.15, -0.1) is 0 Å². The molecule has 1 rings (SSSR count). The molecule has 0 amide bonds. The van der Waals surface area contributed by atoms with E-state index in [4.69, 9.17) is 4.52 Å². The summed E-state index contributed by atoms with van der Waals surface area (Å²) in [7, 11) is 3.54. The Morgan fingerprint density at radius 3 is 2.75 bits per heavy atom. The molecule has 0 aliphatic heterocycles. The van der Waals surface area contributed by atoms with Gasteiger partial charge in [0, 0.05) is 33.0 Å². The van der Waals surface area contributed by atoms with E-state index < -0.39 is 0 Å². The van der Waals surface area contributed by atoms with Crippen molar-refractivity contribution in [1.82, 2.24) is 20.8 Å². The standard InChI is InChI=1S/C10H19N5O/c1-7(2)9-14-8(16-15-9)5-6-13-10(11-3)12-4/h7H,5-6H2,1-4H3,(H2,11,12,13). The highest BCUT2D eigenvalue weighted by atomic mass is 16.5. The van der Waals surface area contributed by atoms with Crippen LogP contribution in [0.5, 0.6) is 0 Å². The summed E-state index contributed by atoms with van der Waals surface area (Å²) in [5.74, 6) is 2.47. The SMILES string of the molecule is CN=C(NC)NCCc1nc(C(C)C)no1. The largest absolute Gasteiger partial charge is 0.359 e. The van der Waals surface area contributed by atoms with Gasteiger partial charge in [0.05, 0.1) is 0 Å². The number of guanidine groups is 1. The van der Waals surface area contributed by atoms with Crippen LogP contribution in [0, 0.1) is 0 Å². The van der Waals surface area contributed by atoms with Gasteiger partial charge in [-0.3, -0.25) is 4.99 Å². The van der Waals surface area contributed by atoms with Gasteiger partial charge in [-0.25, -0.2) is 0 Å². The van der Waals surface area contributed by atoms with Crippen LogP contribution in [0.2, 0.25) is 0 Å². The molecule has 1 heterocycles. The van der Waals surface area contributed by atoms with Crippen LogP contribution >= 0.6 is 0 Å². The van der Waals surface area contributed by atoms with E-state index in [0.29, 0.717) is 24.8 Å². The summed E-state index contributed by atoms with van der Waals surface area (Å²) >= 11 is 0. The van der Waals surface area contributed by atoms with Crippen LogP contribution in [-0.4, -0.2) is 36.7 Å². The molecule has 0 aliphatic carbocycles. The van der Waals surface area contributed by atoms with Crippen LogP contribution in [-0.2, 0) is 6.42 Å². The van der Waals surface area contributed by atoms with Gasteiger partial charge >= 0.3 is 0 Å². The smallest absolute Gasteiger partial charge is 0.228 e. The maximum atomic E-state index is 5.11. The van der Waals surface area contributed by atoms with Gasteiger partial charge in [0.1, 0.15) is 0 Å². The van der Waals surface area contributed by atoms with Gasteiger partial charge in [0.25, 0.3) is 0 Å². The molecule has 0 atom stereocenters. The number of nitrogens with one attached hydrogen (secondary N) is 2. The van der Waals surface area contributed by atoms with E-state index in [0.717, 1.165) is 11.8 Å². The number of nitrogens with zero attached hydrogens (tertiary/aromatic N) is 3. The Bertz CT molecular complexity index is 345. The maximum Gasteiger partial charge on any atom is 0.228 e. The molecule has 6 heteroatoms. The first kappa shape index (κ1) is 12.5. The highest BCUT2D eigenvalue weighted by Crippen LogP contribution is 2.09. The Labute approximate surface area is 95.5 Å². The van der Waals surface area contributed by atoms with E-state index in [1.807, 2.05) is 20.9 Å². The Kier molecular flexibility index (Phi) is 4.75. The Balaban J connectivity index is 2.37. The summed E-state index contributed by atoms with van der Waals surface area (Å²) in [5.41, 5.74) is 0. The lowest BCUT2D eigenvalue weighted by atomic mass is 10.2. The van der Waals surface area contributed by atoms with Crippen molar-refractivity contribution in [2.75, 3.05) is 20.6 Å². The van der Waals surface area contributed by atoms with Crippen molar-refractivity contribution in [1.29, 1.82) is 0 Å². The van der Waals surface area contributed by atoms with Crippen molar-refractivity contribution in [3.8, 4) is 0 Å². The first-order valence-corrected chi connectivity index (χ1v) is 5.38. The third-order valence-electron chi connectivity index (χ3n) is 2.09. The van der Waals surface area contributed by atoms with Crippen LogP contribution in [0.25, 0.3) is 0 Å². The fourth-order valence-electron chi connectivity index (χ4n) is 1.17. The molecule has 90 valence electrons. The van der Waals surface area contributed by atoms with E-state index in [9.17, 15) is 0 Å². The van der Waals surface area contributed by atoms with E-state index in [-0.39, 0.29) is 0 Å². The first-order valence-electron chi connectivity index (χ1n) is 5.38. The summed E-state index contributed by atoms with van der Waals surface area (Å²) in [6, 6.07) is 0. The van der Waals surface area contributed by atoms with Crippen molar-refractivity contribution in [3.63, 3.8) is 0 Å². The minimum absolute atomic E-state index is 0.301. The molecule has 1 aromatic heterocycles. The lowest BCUT2D eigenvalue weighted by Gasteiger charge is -2.05. The van der Waals surface area contributed by atoms with Gasteiger partial charge < -0.3 is 15.2 Å². The molecule has 0 saturated carbocycles. The van der Waals surface area contributed by atoms with Crippen molar-refractivity contribution in [3.05, 3.63) is 11.7 Å². The molecule has 0 spiro atoms. The van der Waals surface area contributed by atoms with Gasteiger partial charge in [-0.1, -0.05) is 19.0 Å². The zero-order chi connectivity index (χ0) is 12.0. The number of hydrogen-bond donors (Lipinski definition) is 2. The lowest BCUT2D eigenvalue weighted by Crippen LogP contribution is -2.35. The highest BCUT2D eigenvalue weighted by molar-refractivity contribution is 5.79. The van der Waals surface area contributed by atoms with E-state index >= 15 is 0 Å². The fraction of sp³-hybridized carbons (Fsp3) is 0.700. The molecule has 0 radical (unpaired) electrons. The van der Waals surface area contributed by atoms with Gasteiger partial charge in [0.2, 0.25) is 5.89 Å². The predicted octanol–water partition coefficient (Wildman–Crippen LogP) is 0.530. The highest BCUT2D eigenvalue weighted by Gasteiger charge is 2.08. The van der Waals surface area contributed by atoms with Gasteiger partial charge in [-0.05, 0) is 0 Å².